The number of aliphatic carboxylic acids is 1. The van der Waals surface area contributed by atoms with Gasteiger partial charge in [0.25, 0.3) is 5.91 Å². The third-order valence-corrected chi connectivity index (χ3v) is 17.9. The van der Waals surface area contributed by atoms with Gasteiger partial charge in [-0.1, -0.05) is 97.7 Å². The maximum Gasteiger partial charge on any atom is 0.330 e. The number of hydrogen-bond acceptors (Lipinski definition) is 15. The second-order valence-corrected chi connectivity index (χ2v) is 26.0. The van der Waals surface area contributed by atoms with Gasteiger partial charge in [-0.3, -0.25) is 28.8 Å². The number of nitrogens with one attached hydrogen (secondary N) is 5. The number of urea groups is 1. The quantitative estimate of drug-likeness (QED) is 0.00722. The number of nitrogens with zero attached hydrogens (tertiary/aromatic N) is 1. The molecule has 3 aliphatic heterocycles. The second-order valence-electron chi connectivity index (χ2n) is 26.0. The lowest BCUT2D eigenvalue weighted by Gasteiger charge is -2.57. The van der Waals surface area contributed by atoms with E-state index in [4.69, 9.17) is 34.5 Å². The lowest BCUT2D eigenvalue weighted by molar-refractivity contribution is -0.218. The minimum atomic E-state index is -1.12. The van der Waals surface area contributed by atoms with Crippen LogP contribution in [0.15, 0.2) is 83.6 Å². The Kier molecular flexibility index (Phi) is 25.7. The fraction of sp³-hybridized carbons (Fsp3) is 0.612. The zero-order valence-corrected chi connectivity index (χ0v) is 53.8. The first-order chi connectivity index (χ1) is 42.6. The lowest BCUT2D eigenvalue weighted by Crippen LogP contribution is -2.64. The number of hydrogen-bond donors (Lipinski definition) is 7. The minimum Gasteiger partial charge on any atom is -0.478 e. The molecule has 7 amide bonds. The number of epoxide rings is 1. The number of allylic oxidation sites excluding steroid dienone is 5. The smallest absolute Gasteiger partial charge is 0.330 e. The zero-order chi connectivity index (χ0) is 66.0. The normalized spacial score (nSPS) is 23.4. The molecule has 0 radical (unpaired) electrons. The number of benzene rings is 1. The van der Waals surface area contributed by atoms with Gasteiger partial charge in [0.2, 0.25) is 23.6 Å². The highest BCUT2D eigenvalue weighted by Crippen LogP contribution is 2.71. The summed E-state index contributed by atoms with van der Waals surface area (Å²) in [7, 11) is 0. The van der Waals surface area contributed by atoms with Gasteiger partial charge in [0.15, 0.2) is 0 Å². The summed E-state index contributed by atoms with van der Waals surface area (Å²) in [6, 6.07) is 3.49. The number of carboxylic acid groups (broad SMARTS) is 1. The monoisotopic (exact) mass is 1250 g/mol. The molecule has 4 unspecified atom stereocenters. The van der Waals surface area contributed by atoms with Gasteiger partial charge in [0, 0.05) is 71.8 Å². The van der Waals surface area contributed by atoms with E-state index in [-0.39, 0.29) is 91.9 Å². The van der Waals surface area contributed by atoms with E-state index in [0.29, 0.717) is 51.1 Å². The summed E-state index contributed by atoms with van der Waals surface area (Å²) in [5, 5.41) is 22.5. The summed E-state index contributed by atoms with van der Waals surface area (Å²) in [5.74, 6) is -4.69. The molecule has 1 aromatic rings. The van der Waals surface area contributed by atoms with Crippen LogP contribution in [0.25, 0.3) is 0 Å². The van der Waals surface area contributed by atoms with Crippen LogP contribution in [-0.2, 0) is 73.4 Å². The van der Waals surface area contributed by atoms with Crippen molar-refractivity contribution < 1.29 is 76.7 Å². The van der Waals surface area contributed by atoms with Crippen molar-refractivity contribution in [3.63, 3.8) is 0 Å². The van der Waals surface area contributed by atoms with Crippen molar-refractivity contribution in [1.82, 2.24) is 26.2 Å². The number of anilines is 1. The molecule has 8 N–H and O–H groups in total. The van der Waals surface area contributed by atoms with Gasteiger partial charge in [-0.25, -0.2) is 19.2 Å². The Labute approximate surface area is 528 Å². The number of ether oxygens (including phenoxy) is 5. The van der Waals surface area contributed by atoms with Crippen molar-refractivity contribution in [2.24, 2.45) is 33.8 Å². The molecule has 1 aromatic carbocycles. The second kappa shape index (κ2) is 32.4. The number of carboxylic acids is 1. The van der Waals surface area contributed by atoms with Crippen LogP contribution in [0.5, 0.6) is 0 Å². The van der Waals surface area contributed by atoms with Crippen LogP contribution < -0.4 is 32.3 Å². The Hall–Kier alpha value is -7.66. The van der Waals surface area contributed by atoms with Crippen molar-refractivity contribution in [3.8, 4) is 0 Å². The van der Waals surface area contributed by atoms with E-state index in [0.717, 1.165) is 74.8 Å². The zero-order valence-electron chi connectivity index (χ0n) is 53.8. The molecule has 23 heteroatoms. The van der Waals surface area contributed by atoms with E-state index in [1.807, 2.05) is 31.7 Å². The third-order valence-electron chi connectivity index (χ3n) is 17.9. The van der Waals surface area contributed by atoms with Crippen LogP contribution in [-0.4, -0.2) is 138 Å². The van der Waals surface area contributed by atoms with Gasteiger partial charge in [-0.05, 0) is 125 Å². The number of carbonyl (C=O) groups is 10. The minimum absolute atomic E-state index is 0.00535. The summed E-state index contributed by atoms with van der Waals surface area (Å²) in [6.45, 7) is 18.7. The summed E-state index contributed by atoms with van der Waals surface area (Å²) in [5.41, 5.74) is 8.30. The van der Waals surface area contributed by atoms with Crippen LogP contribution >= 0.6 is 0 Å². The molecule has 0 aromatic heterocycles. The van der Waals surface area contributed by atoms with Crippen LogP contribution in [0, 0.1) is 28.1 Å². The van der Waals surface area contributed by atoms with Crippen molar-refractivity contribution in [2.45, 2.75) is 201 Å². The Morgan fingerprint density at radius 2 is 1.56 bits per heavy atom. The van der Waals surface area contributed by atoms with Crippen molar-refractivity contribution in [1.29, 1.82) is 0 Å². The van der Waals surface area contributed by atoms with Crippen LogP contribution in [0.1, 0.15) is 164 Å². The SMILES string of the molecule is CC1=C[C@H]2OC3CCC(C)([C@@]2(COC(=O)C(NC(=O)C(C)(C)C)[C@H](C)CCOC(=O)/C=C/C=C\C(=O)O)CC1)[C@]31CO1.CCC(=O)OCc1ccc(NC(=O)[C@H](CCCCNC(N)=O)NC(=O)C(NC(=O)CCCCCN2C(=O)C=CC2=C2CC2)C(C)C)cc1. The van der Waals surface area contributed by atoms with Gasteiger partial charge >= 0.3 is 29.9 Å². The Bertz CT molecular complexity index is 2930. The number of rotatable bonds is 31. The molecular formula is C67H95N7O16. The highest BCUT2D eigenvalue weighted by Gasteiger charge is 2.78. The fourth-order valence-corrected chi connectivity index (χ4v) is 12.1. The van der Waals surface area contributed by atoms with E-state index < -0.39 is 70.6 Å². The Balaban J connectivity index is 0.000000289. The van der Waals surface area contributed by atoms with Crippen molar-refractivity contribution in [3.05, 3.63) is 89.2 Å². The predicted molar refractivity (Wildman–Crippen MR) is 334 cm³/mol. The Morgan fingerprint density at radius 3 is 2.20 bits per heavy atom. The average Bonchev–Trinajstić information content (AvgIpc) is 1.47. The summed E-state index contributed by atoms with van der Waals surface area (Å²) >= 11 is 0. The standard InChI is InChI=1S/C35H50N6O7.C32H45NO9/c1-4-31(44)48-22-24-12-16-26(17-13-24)38-33(45)27(10-7-8-20-37-35(36)47)39-34(46)32(23(2)3)40-29(42)11-6-5-9-21-41-28(25-14-15-25)18-19-30(41)43;1-20-11-15-31(23(17-20)42-22-12-14-30(31,6)32(22)19-41-32)18-40-27(37)26(33-28(38)29(3,4)5)21(2)13-16-39-25(36)10-8-7-9-24(34)35/h12-13,16-19,23,27,32H,4-11,14-15,20-22H2,1-3H3,(H,38,45)(H,39,46)(H,40,42)(H3,36,37,47);7-10,17,21-23,26H,11-16,18-19H2,1-6H3,(H,33,38)(H,34,35)/b;9-7-,10-8+/t27-,32?;21-,22?,23-,26?,30?,31-,32+/m01/s1. The number of unbranched alkanes of at least 4 members (excludes halogenated alkanes) is 3. The summed E-state index contributed by atoms with van der Waals surface area (Å²) in [4.78, 5) is 125. The molecule has 6 aliphatic rings. The van der Waals surface area contributed by atoms with E-state index in [2.05, 4.69) is 46.5 Å². The van der Waals surface area contributed by atoms with E-state index in [9.17, 15) is 47.9 Å². The van der Waals surface area contributed by atoms with Gasteiger partial charge in [-0.2, -0.15) is 0 Å². The maximum atomic E-state index is 13.7. The molecule has 3 aliphatic carbocycles. The third kappa shape index (κ3) is 19.4. The number of nitrogens with two attached hydrogens (primary N) is 1. The first-order valence-corrected chi connectivity index (χ1v) is 31.7. The molecule has 2 saturated heterocycles. The number of primary amides is 1. The van der Waals surface area contributed by atoms with E-state index in [1.54, 1.807) is 58.0 Å². The number of amides is 7. The number of carbonyl (C=O) groups excluding carboxylic acids is 9. The first-order valence-electron chi connectivity index (χ1n) is 31.7. The maximum absolute atomic E-state index is 13.7. The highest BCUT2D eigenvalue weighted by molar-refractivity contribution is 5.98. The van der Waals surface area contributed by atoms with Crippen LogP contribution in [0.2, 0.25) is 0 Å². The molecule has 1 spiro atoms. The van der Waals surface area contributed by atoms with Crippen LogP contribution in [0.4, 0.5) is 10.5 Å². The molecule has 4 fully saturated rings. The van der Waals surface area contributed by atoms with Gasteiger partial charge < -0.3 is 66.0 Å². The largest absolute Gasteiger partial charge is 0.478 e. The average molecular weight is 1250 g/mol. The first kappa shape index (κ1) is 71.4. The summed E-state index contributed by atoms with van der Waals surface area (Å²) in [6.07, 6.45) is 20.0. The molecule has 3 heterocycles. The Morgan fingerprint density at radius 1 is 0.844 bits per heavy atom. The number of esters is 3. The molecular weight excluding hydrogens is 1160 g/mol. The molecule has 90 heavy (non-hydrogen) atoms. The predicted octanol–water partition coefficient (Wildman–Crippen LogP) is 7.44. The van der Waals surface area contributed by atoms with E-state index >= 15 is 0 Å². The van der Waals surface area contributed by atoms with Gasteiger partial charge in [0.1, 0.15) is 36.9 Å². The van der Waals surface area contributed by atoms with E-state index in [1.165, 1.54) is 23.3 Å². The number of fused-ring (bicyclic) bond motifs is 2. The molecule has 494 valence electrons. The van der Waals surface area contributed by atoms with Crippen molar-refractivity contribution >= 4 is 65.1 Å². The van der Waals surface area contributed by atoms with Gasteiger partial charge in [-0.15, -0.1) is 0 Å². The molecule has 7 rings (SSSR count). The molecule has 2 saturated carbocycles. The van der Waals surface area contributed by atoms with Crippen molar-refractivity contribution in [2.75, 3.05) is 38.2 Å². The fourth-order valence-electron chi connectivity index (χ4n) is 12.1. The molecule has 23 nitrogen and oxygen atoms in total. The summed E-state index contributed by atoms with van der Waals surface area (Å²) < 4.78 is 29.2. The molecule has 9 atom stereocenters. The van der Waals surface area contributed by atoms with Crippen LogP contribution in [0.3, 0.4) is 0 Å². The molecule has 2 bridgehead atoms. The van der Waals surface area contributed by atoms with Gasteiger partial charge in [0.05, 0.1) is 25.4 Å². The topological polar surface area (TPSA) is 330 Å². The lowest BCUT2D eigenvalue weighted by atomic mass is 9.52. The highest BCUT2D eigenvalue weighted by atomic mass is 16.6.